The maximum Gasteiger partial charge on any atom is 0.225 e. The molecule has 21 heavy (non-hydrogen) atoms. The average molecular weight is 290 g/mol. The van der Waals surface area contributed by atoms with Crippen molar-refractivity contribution in [3.63, 3.8) is 0 Å². The van der Waals surface area contributed by atoms with Gasteiger partial charge in [0.25, 0.3) is 0 Å². The van der Waals surface area contributed by atoms with E-state index in [-0.39, 0.29) is 0 Å². The summed E-state index contributed by atoms with van der Waals surface area (Å²) in [6.45, 7) is 5.77. The molecule has 0 bridgehead atoms. The van der Waals surface area contributed by atoms with Crippen LogP contribution in [-0.4, -0.2) is 41.8 Å². The zero-order chi connectivity index (χ0) is 14.5. The molecule has 0 radical (unpaired) electrons. The van der Waals surface area contributed by atoms with Crippen LogP contribution in [0.1, 0.15) is 44.6 Å². The lowest BCUT2D eigenvalue weighted by Crippen LogP contribution is -2.53. The third-order valence-corrected chi connectivity index (χ3v) is 4.44. The molecule has 3 rings (SSSR count). The Morgan fingerprint density at radius 2 is 2.10 bits per heavy atom. The Morgan fingerprint density at radius 1 is 1.29 bits per heavy atom. The quantitative estimate of drug-likeness (QED) is 0.842. The molecule has 0 aromatic carbocycles. The number of rotatable bonds is 5. The molecular weight excluding hydrogens is 264 g/mol. The van der Waals surface area contributed by atoms with E-state index < -0.39 is 0 Å². The van der Waals surface area contributed by atoms with Crippen molar-refractivity contribution in [3.05, 3.63) is 18.0 Å². The van der Waals surface area contributed by atoms with Gasteiger partial charge in [-0.15, -0.1) is 0 Å². The zero-order valence-electron chi connectivity index (χ0n) is 12.9. The molecule has 1 N–H and O–H groups in total. The van der Waals surface area contributed by atoms with Crippen LogP contribution >= 0.6 is 0 Å². The van der Waals surface area contributed by atoms with Gasteiger partial charge in [-0.25, -0.2) is 9.97 Å². The van der Waals surface area contributed by atoms with Gasteiger partial charge in [-0.05, 0) is 25.8 Å². The van der Waals surface area contributed by atoms with Crippen LogP contribution in [0.4, 0.5) is 5.95 Å². The number of fused-ring (bicyclic) bond motifs is 1. The molecule has 2 atom stereocenters. The number of nitrogens with one attached hydrogen (secondary N) is 1. The Bertz CT molecular complexity index is 434. The van der Waals surface area contributed by atoms with Gasteiger partial charge in [0.05, 0.1) is 18.8 Å². The second kappa shape index (κ2) is 7.18. The topological polar surface area (TPSA) is 50.3 Å². The summed E-state index contributed by atoms with van der Waals surface area (Å²) in [5.41, 5.74) is 1.15. The highest BCUT2D eigenvalue weighted by molar-refractivity contribution is 5.33. The number of nitrogens with zero attached hydrogens (tertiary/aromatic N) is 3. The lowest BCUT2D eigenvalue weighted by atomic mass is 9.90. The summed E-state index contributed by atoms with van der Waals surface area (Å²) >= 11 is 0. The van der Waals surface area contributed by atoms with E-state index in [4.69, 9.17) is 4.74 Å². The monoisotopic (exact) mass is 290 g/mol. The molecular formula is C16H26N4O. The third kappa shape index (κ3) is 3.52. The minimum Gasteiger partial charge on any atom is -0.374 e. The predicted octanol–water partition coefficient (Wildman–Crippen LogP) is 2.12. The van der Waals surface area contributed by atoms with Crippen LogP contribution < -0.4 is 10.2 Å². The Morgan fingerprint density at radius 3 is 2.90 bits per heavy atom. The molecule has 5 heteroatoms. The van der Waals surface area contributed by atoms with Crippen LogP contribution in [0.5, 0.6) is 0 Å². The molecule has 116 valence electrons. The minimum atomic E-state index is 0.377. The van der Waals surface area contributed by atoms with E-state index in [1.807, 2.05) is 12.4 Å². The van der Waals surface area contributed by atoms with Crippen molar-refractivity contribution >= 4 is 5.95 Å². The molecule has 1 aromatic heterocycles. The predicted molar refractivity (Wildman–Crippen MR) is 83.4 cm³/mol. The summed E-state index contributed by atoms with van der Waals surface area (Å²) in [4.78, 5) is 11.5. The summed E-state index contributed by atoms with van der Waals surface area (Å²) < 4.78 is 5.92. The van der Waals surface area contributed by atoms with Crippen LogP contribution in [0.25, 0.3) is 0 Å². The minimum absolute atomic E-state index is 0.377. The van der Waals surface area contributed by atoms with Gasteiger partial charge in [0.1, 0.15) is 0 Å². The Balaban J connectivity index is 1.65. The molecule has 2 heterocycles. The van der Waals surface area contributed by atoms with E-state index >= 15 is 0 Å². The molecule has 0 spiro atoms. The van der Waals surface area contributed by atoms with Crippen molar-refractivity contribution in [2.75, 3.05) is 24.6 Å². The summed E-state index contributed by atoms with van der Waals surface area (Å²) in [5.74, 6) is 0.870. The summed E-state index contributed by atoms with van der Waals surface area (Å²) in [6, 6.07) is 0.469. The van der Waals surface area contributed by atoms with Gasteiger partial charge in [-0.2, -0.15) is 0 Å². The van der Waals surface area contributed by atoms with Crippen molar-refractivity contribution in [1.82, 2.24) is 15.3 Å². The molecule has 1 aliphatic heterocycles. The van der Waals surface area contributed by atoms with E-state index in [0.717, 1.165) is 44.2 Å². The molecule has 2 fully saturated rings. The number of hydrogen-bond acceptors (Lipinski definition) is 5. The van der Waals surface area contributed by atoms with E-state index in [0.29, 0.717) is 12.1 Å². The number of ether oxygens (including phenoxy) is 1. The van der Waals surface area contributed by atoms with Crippen LogP contribution in [0, 0.1) is 0 Å². The Hall–Kier alpha value is -1.20. The average Bonchev–Trinajstić information content (AvgIpc) is 2.55. The fraction of sp³-hybridized carbons (Fsp3) is 0.750. The SMILES string of the molecule is CCCNCc1cnc(N2CCOC3CCCCC32)nc1. The molecule has 2 aliphatic rings. The second-order valence-electron chi connectivity index (χ2n) is 6.02. The largest absolute Gasteiger partial charge is 0.374 e. The van der Waals surface area contributed by atoms with Gasteiger partial charge >= 0.3 is 0 Å². The molecule has 2 unspecified atom stereocenters. The van der Waals surface area contributed by atoms with Gasteiger partial charge in [-0.3, -0.25) is 0 Å². The molecule has 0 amide bonds. The van der Waals surface area contributed by atoms with Crippen molar-refractivity contribution in [1.29, 1.82) is 0 Å². The fourth-order valence-electron chi connectivity index (χ4n) is 3.34. The summed E-state index contributed by atoms with van der Waals surface area (Å²) in [7, 11) is 0. The van der Waals surface area contributed by atoms with E-state index in [1.54, 1.807) is 0 Å². The Kier molecular flexibility index (Phi) is 5.04. The molecule has 1 saturated carbocycles. The highest BCUT2D eigenvalue weighted by Gasteiger charge is 2.35. The van der Waals surface area contributed by atoms with E-state index in [1.165, 1.54) is 25.7 Å². The third-order valence-electron chi connectivity index (χ3n) is 4.44. The normalized spacial score (nSPS) is 25.7. The fourth-order valence-corrected chi connectivity index (χ4v) is 3.34. The van der Waals surface area contributed by atoms with Crippen LogP contribution in [-0.2, 0) is 11.3 Å². The standard InChI is InChI=1S/C16H26N4O/c1-2-7-17-10-13-11-18-16(19-12-13)20-8-9-21-15-6-4-3-5-14(15)20/h11-12,14-15,17H,2-10H2,1H3. The van der Waals surface area contributed by atoms with Crippen molar-refractivity contribution < 1.29 is 4.74 Å². The lowest BCUT2D eigenvalue weighted by Gasteiger charge is -2.43. The van der Waals surface area contributed by atoms with Crippen LogP contribution in [0.15, 0.2) is 12.4 Å². The molecule has 1 saturated heterocycles. The first-order chi connectivity index (χ1) is 10.4. The maximum absolute atomic E-state index is 5.92. The van der Waals surface area contributed by atoms with E-state index in [2.05, 4.69) is 27.1 Å². The number of aromatic nitrogens is 2. The molecule has 5 nitrogen and oxygen atoms in total. The second-order valence-corrected chi connectivity index (χ2v) is 6.02. The first-order valence-electron chi connectivity index (χ1n) is 8.28. The first kappa shape index (κ1) is 14.7. The van der Waals surface area contributed by atoms with Crippen LogP contribution in [0.2, 0.25) is 0 Å². The van der Waals surface area contributed by atoms with Crippen molar-refractivity contribution in [2.24, 2.45) is 0 Å². The van der Waals surface area contributed by atoms with E-state index in [9.17, 15) is 0 Å². The molecule has 1 aliphatic carbocycles. The number of hydrogen-bond donors (Lipinski definition) is 1. The smallest absolute Gasteiger partial charge is 0.225 e. The number of anilines is 1. The van der Waals surface area contributed by atoms with Crippen molar-refractivity contribution in [2.45, 2.75) is 57.7 Å². The summed E-state index contributed by atoms with van der Waals surface area (Å²) in [6.07, 6.45) is 10.4. The van der Waals surface area contributed by atoms with Gasteiger partial charge in [0.2, 0.25) is 5.95 Å². The van der Waals surface area contributed by atoms with Gasteiger partial charge in [0, 0.05) is 31.0 Å². The van der Waals surface area contributed by atoms with Crippen LogP contribution in [0.3, 0.4) is 0 Å². The van der Waals surface area contributed by atoms with Crippen molar-refractivity contribution in [3.8, 4) is 0 Å². The zero-order valence-corrected chi connectivity index (χ0v) is 12.9. The summed E-state index contributed by atoms with van der Waals surface area (Å²) in [5, 5.41) is 3.38. The lowest BCUT2D eigenvalue weighted by molar-refractivity contribution is -0.00932. The highest BCUT2D eigenvalue weighted by Crippen LogP contribution is 2.30. The van der Waals surface area contributed by atoms with Gasteiger partial charge in [0.15, 0.2) is 0 Å². The molecule has 1 aromatic rings. The van der Waals surface area contributed by atoms with Gasteiger partial charge in [-0.1, -0.05) is 19.8 Å². The maximum atomic E-state index is 5.92. The highest BCUT2D eigenvalue weighted by atomic mass is 16.5. The Labute approximate surface area is 127 Å². The number of morpholine rings is 1. The van der Waals surface area contributed by atoms with Gasteiger partial charge < -0.3 is 15.0 Å². The first-order valence-corrected chi connectivity index (χ1v) is 8.28.